The van der Waals surface area contributed by atoms with E-state index in [1.807, 2.05) is 12.1 Å². The Morgan fingerprint density at radius 1 is 1.13 bits per heavy atom. The van der Waals surface area contributed by atoms with Gasteiger partial charge in [-0.3, -0.25) is 4.90 Å². The third kappa shape index (κ3) is 4.37. The summed E-state index contributed by atoms with van der Waals surface area (Å²) in [5.74, 6) is 0.857. The van der Waals surface area contributed by atoms with Crippen LogP contribution in [0.25, 0.3) is 0 Å². The van der Waals surface area contributed by atoms with Crippen molar-refractivity contribution in [1.82, 2.24) is 14.9 Å². The van der Waals surface area contributed by atoms with Crippen LogP contribution in [0.1, 0.15) is 66.5 Å². The highest BCUT2D eigenvalue weighted by molar-refractivity contribution is 5.54. The maximum absolute atomic E-state index is 14.4. The zero-order valence-corrected chi connectivity index (χ0v) is 22.5. The quantitative estimate of drug-likeness (QED) is 0.587. The summed E-state index contributed by atoms with van der Waals surface area (Å²) in [6.45, 7) is 5.19. The molecule has 0 radical (unpaired) electrons. The predicted octanol–water partition coefficient (Wildman–Crippen LogP) is 3.83. The zero-order chi connectivity index (χ0) is 26.5. The Kier molecular flexibility index (Phi) is 6.45. The lowest BCUT2D eigenvalue weighted by Gasteiger charge is -2.43. The van der Waals surface area contributed by atoms with Crippen LogP contribution in [0.4, 0.5) is 10.2 Å². The number of ether oxygens (including phenoxy) is 3. The minimum absolute atomic E-state index is 0.260. The van der Waals surface area contributed by atoms with E-state index in [9.17, 15) is 9.65 Å². The monoisotopic (exact) mass is 533 g/mol. The number of hydrogen-bond donors (Lipinski definition) is 0. The van der Waals surface area contributed by atoms with Crippen LogP contribution in [0.2, 0.25) is 0 Å². The van der Waals surface area contributed by atoms with Crippen LogP contribution in [0.5, 0.6) is 6.01 Å². The van der Waals surface area contributed by atoms with Crippen molar-refractivity contribution in [2.75, 3.05) is 50.9 Å². The zero-order valence-electron chi connectivity index (χ0n) is 22.5. The van der Waals surface area contributed by atoms with E-state index >= 15 is 0 Å². The second-order valence-corrected chi connectivity index (χ2v) is 11.8. The highest BCUT2D eigenvalue weighted by atomic mass is 19.1. The van der Waals surface area contributed by atoms with Crippen LogP contribution in [-0.4, -0.2) is 72.6 Å². The van der Waals surface area contributed by atoms with E-state index < -0.39 is 11.8 Å². The highest BCUT2D eigenvalue weighted by Crippen LogP contribution is 2.47. The number of alkyl halides is 1. The third-order valence-electron chi connectivity index (χ3n) is 9.50. The molecule has 1 spiro atoms. The Morgan fingerprint density at radius 2 is 2.08 bits per heavy atom. The van der Waals surface area contributed by atoms with Gasteiger partial charge in [0.15, 0.2) is 0 Å². The summed E-state index contributed by atoms with van der Waals surface area (Å²) in [4.78, 5) is 14.5. The summed E-state index contributed by atoms with van der Waals surface area (Å²) >= 11 is 0. The largest absolute Gasteiger partial charge is 0.461 e. The molecule has 39 heavy (non-hydrogen) atoms. The molecule has 1 aliphatic carbocycles. The number of anilines is 1. The lowest BCUT2D eigenvalue weighted by Crippen LogP contribution is -2.44. The standard InChI is InChI=1S/C30H36FN5O3/c31-23-15-29(8-3-11-36(29)18-23)20-38-28-33-25-16-30(9-2-7-21-5-1-6-22(17-32)26(21)30)39-19-24(25)27(34-28)35-10-4-13-37-14-12-35/h1,5-6,23H,2-4,7-16,18-20H2/t23-,29+,30?/m1/s1. The van der Waals surface area contributed by atoms with Gasteiger partial charge in [-0.1, -0.05) is 12.1 Å². The molecule has 4 aliphatic heterocycles. The summed E-state index contributed by atoms with van der Waals surface area (Å²) in [5, 5.41) is 9.95. The predicted molar refractivity (Wildman–Crippen MR) is 142 cm³/mol. The Balaban J connectivity index is 1.26. The van der Waals surface area contributed by atoms with E-state index in [1.165, 1.54) is 5.56 Å². The maximum Gasteiger partial charge on any atom is 0.318 e. The Morgan fingerprint density at radius 3 is 3.00 bits per heavy atom. The lowest BCUT2D eigenvalue weighted by atomic mass is 9.73. The molecule has 1 unspecified atom stereocenters. The van der Waals surface area contributed by atoms with Crippen LogP contribution in [0.3, 0.4) is 0 Å². The van der Waals surface area contributed by atoms with Gasteiger partial charge in [0.25, 0.3) is 0 Å². The van der Waals surface area contributed by atoms with Crippen LogP contribution in [0, 0.1) is 11.3 Å². The van der Waals surface area contributed by atoms with Crippen molar-refractivity contribution in [3.8, 4) is 12.1 Å². The van der Waals surface area contributed by atoms with Gasteiger partial charge in [0.05, 0.1) is 36.1 Å². The summed E-state index contributed by atoms with van der Waals surface area (Å²) < 4.78 is 33.2. The van der Waals surface area contributed by atoms with Crippen molar-refractivity contribution >= 4 is 5.82 Å². The SMILES string of the molecule is N#Cc1cccc2c1C1(CCC2)Cc2nc(OC[C@@]34CCCN3C[C@H](F)C4)nc(N3CCCOCC3)c2CO1. The van der Waals surface area contributed by atoms with Gasteiger partial charge in [-0.15, -0.1) is 0 Å². The molecule has 0 bridgehead atoms. The topological polar surface area (TPSA) is 83.7 Å². The lowest BCUT2D eigenvalue weighted by molar-refractivity contribution is -0.0857. The first-order chi connectivity index (χ1) is 19.1. The molecule has 206 valence electrons. The van der Waals surface area contributed by atoms with E-state index in [1.54, 1.807) is 0 Å². The first kappa shape index (κ1) is 25.2. The average Bonchev–Trinajstić information content (AvgIpc) is 3.33. The minimum Gasteiger partial charge on any atom is -0.461 e. The molecule has 5 heterocycles. The molecule has 1 aromatic carbocycles. The number of fused-ring (bicyclic) bond motifs is 4. The van der Waals surface area contributed by atoms with Gasteiger partial charge < -0.3 is 19.1 Å². The van der Waals surface area contributed by atoms with Gasteiger partial charge >= 0.3 is 6.01 Å². The minimum atomic E-state index is -0.802. The molecule has 9 heteroatoms. The van der Waals surface area contributed by atoms with Gasteiger partial charge in [0.1, 0.15) is 24.2 Å². The maximum atomic E-state index is 14.4. The molecule has 0 N–H and O–H groups in total. The van der Waals surface area contributed by atoms with Crippen LogP contribution < -0.4 is 9.64 Å². The second-order valence-electron chi connectivity index (χ2n) is 11.8. The number of hydrogen-bond acceptors (Lipinski definition) is 8. The number of rotatable bonds is 4. The summed E-state index contributed by atoms with van der Waals surface area (Å²) in [6.07, 6.45) is 6.03. The van der Waals surface area contributed by atoms with Crippen molar-refractivity contribution in [3.05, 3.63) is 46.1 Å². The second kappa shape index (κ2) is 9.99. The van der Waals surface area contributed by atoms with E-state index in [0.29, 0.717) is 50.8 Å². The Hall–Kier alpha value is -2.80. The Labute approximate surface area is 229 Å². The number of aromatic nitrogens is 2. The molecule has 2 aromatic rings. The number of aryl methyl sites for hydroxylation is 1. The van der Waals surface area contributed by atoms with Gasteiger partial charge in [-0.25, -0.2) is 4.39 Å². The van der Waals surface area contributed by atoms with E-state index in [0.717, 1.165) is 87.4 Å². The third-order valence-corrected chi connectivity index (χ3v) is 9.50. The van der Waals surface area contributed by atoms with Crippen molar-refractivity contribution < 1.29 is 18.6 Å². The van der Waals surface area contributed by atoms with E-state index in [-0.39, 0.29) is 5.54 Å². The number of benzene rings is 1. The molecule has 3 saturated heterocycles. The van der Waals surface area contributed by atoms with Gasteiger partial charge in [-0.05, 0) is 56.7 Å². The Bertz CT molecular complexity index is 1290. The molecular weight excluding hydrogens is 497 g/mol. The van der Waals surface area contributed by atoms with Crippen molar-refractivity contribution in [2.24, 2.45) is 0 Å². The van der Waals surface area contributed by atoms with Crippen LogP contribution in [-0.2, 0) is 34.5 Å². The van der Waals surface area contributed by atoms with Crippen LogP contribution >= 0.6 is 0 Å². The molecule has 5 aliphatic rings. The molecule has 0 saturated carbocycles. The average molecular weight is 534 g/mol. The fourth-order valence-electron chi connectivity index (χ4n) is 7.70. The van der Waals surface area contributed by atoms with Crippen molar-refractivity contribution in [3.63, 3.8) is 0 Å². The number of nitrogens with zero attached hydrogens (tertiary/aromatic N) is 5. The van der Waals surface area contributed by atoms with Gasteiger partial charge in [0, 0.05) is 50.2 Å². The summed E-state index contributed by atoms with van der Waals surface area (Å²) in [6, 6.07) is 8.76. The van der Waals surface area contributed by atoms with Crippen molar-refractivity contribution in [1.29, 1.82) is 5.26 Å². The molecule has 3 atom stereocenters. The summed E-state index contributed by atoms with van der Waals surface area (Å²) in [5.41, 5.74) is 4.00. The summed E-state index contributed by atoms with van der Waals surface area (Å²) in [7, 11) is 0. The molecular formula is C30H36FN5O3. The van der Waals surface area contributed by atoms with E-state index in [2.05, 4.69) is 21.9 Å². The molecule has 3 fully saturated rings. The fraction of sp³-hybridized carbons (Fsp3) is 0.633. The first-order valence-electron chi connectivity index (χ1n) is 14.5. The molecule has 8 nitrogen and oxygen atoms in total. The normalized spacial score (nSPS) is 30.4. The van der Waals surface area contributed by atoms with Crippen LogP contribution in [0.15, 0.2) is 18.2 Å². The smallest absolute Gasteiger partial charge is 0.318 e. The molecule has 1 aromatic heterocycles. The van der Waals surface area contributed by atoms with E-state index in [4.69, 9.17) is 24.2 Å². The highest BCUT2D eigenvalue weighted by Gasteiger charge is 2.50. The number of nitriles is 1. The fourth-order valence-corrected chi connectivity index (χ4v) is 7.70. The number of halogens is 1. The van der Waals surface area contributed by atoms with Crippen molar-refractivity contribution in [2.45, 2.75) is 75.3 Å². The molecule has 0 amide bonds. The van der Waals surface area contributed by atoms with Gasteiger partial charge in [0.2, 0.25) is 0 Å². The molecule has 7 rings (SSSR count). The first-order valence-corrected chi connectivity index (χ1v) is 14.5. The van der Waals surface area contributed by atoms with Gasteiger partial charge in [-0.2, -0.15) is 15.2 Å².